The summed E-state index contributed by atoms with van der Waals surface area (Å²) in [5, 5.41) is 23.7. The van der Waals surface area contributed by atoms with Crippen LogP contribution in [0.2, 0.25) is 5.02 Å². The van der Waals surface area contributed by atoms with Crippen molar-refractivity contribution in [1.29, 1.82) is 0 Å². The van der Waals surface area contributed by atoms with Crippen LogP contribution in [0.4, 0.5) is 5.69 Å². The van der Waals surface area contributed by atoms with E-state index in [1.54, 1.807) is 18.2 Å². The highest BCUT2D eigenvalue weighted by Gasteiger charge is 2.21. The standard InChI is InChI=1S/C17H11ClN4O7/c18-11-5-9(6-13(22(27)28)15(11)29-8-14(23)24)7-19-21-16(25)10-3-1-2-4-12(10)20-17(21)26/h1-7H,8H2,(H,20,26)(H,23,24). The van der Waals surface area contributed by atoms with Gasteiger partial charge in [-0.25, -0.2) is 9.59 Å². The molecule has 0 radical (unpaired) electrons. The fourth-order valence-electron chi connectivity index (χ4n) is 2.47. The van der Waals surface area contributed by atoms with E-state index in [0.717, 1.165) is 12.3 Å². The number of halogens is 1. The number of nitro groups is 1. The molecule has 29 heavy (non-hydrogen) atoms. The van der Waals surface area contributed by atoms with Crippen LogP contribution in [0.15, 0.2) is 51.1 Å². The molecule has 0 atom stereocenters. The minimum atomic E-state index is -1.34. The summed E-state index contributed by atoms with van der Waals surface area (Å²) in [5.74, 6) is -1.76. The van der Waals surface area contributed by atoms with E-state index in [-0.39, 0.29) is 16.0 Å². The number of aromatic amines is 1. The number of aromatic nitrogens is 2. The zero-order valence-corrected chi connectivity index (χ0v) is 15.1. The van der Waals surface area contributed by atoms with Crippen molar-refractivity contribution in [2.45, 2.75) is 0 Å². The smallest absolute Gasteiger partial charge is 0.349 e. The van der Waals surface area contributed by atoms with Crippen molar-refractivity contribution in [2.75, 3.05) is 6.61 Å². The van der Waals surface area contributed by atoms with Crippen LogP contribution in [0.1, 0.15) is 5.56 Å². The highest BCUT2D eigenvalue weighted by molar-refractivity contribution is 6.32. The molecule has 0 aliphatic heterocycles. The summed E-state index contributed by atoms with van der Waals surface area (Å²) >= 11 is 5.96. The lowest BCUT2D eigenvalue weighted by atomic mass is 10.2. The molecule has 3 rings (SSSR count). The van der Waals surface area contributed by atoms with E-state index in [2.05, 4.69) is 10.1 Å². The van der Waals surface area contributed by atoms with Crippen molar-refractivity contribution in [1.82, 2.24) is 9.66 Å². The van der Waals surface area contributed by atoms with Gasteiger partial charge in [0, 0.05) is 11.6 Å². The van der Waals surface area contributed by atoms with Gasteiger partial charge in [-0.05, 0) is 18.2 Å². The lowest BCUT2D eigenvalue weighted by molar-refractivity contribution is -0.385. The molecule has 2 N–H and O–H groups in total. The number of fused-ring (bicyclic) bond motifs is 1. The molecule has 0 bridgehead atoms. The number of nitrogens with zero attached hydrogens (tertiary/aromatic N) is 3. The zero-order valence-electron chi connectivity index (χ0n) is 14.4. The Morgan fingerprint density at radius 3 is 2.76 bits per heavy atom. The Morgan fingerprint density at radius 1 is 1.34 bits per heavy atom. The van der Waals surface area contributed by atoms with Gasteiger partial charge in [0.1, 0.15) is 0 Å². The molecule has 0 unspecified atom stereocenters. The number of carbonyl (C=O) groups is 1. The predicted octanol–water partition coefficient (Wildman–Crippen LogP) is 1.60. The van der Waals surface area contributed by atoms with Gasteiger partial charge in [-0.3, -0.25) is 14.9 Å². The van der Waals surface area contributed by atoms with Crippen LogP contribution in [0.3, 0.4) is 0 Å². The third-order valence-corrected chi connectivity index (χ3v) is 3.97. The SMILES string of the molecule is O=C(O)COc1c(Cl)cc(C=Nn2c(=O)[nH]c3ccccc3c2=O)cc1[N+](=O)[O-]. The van der Waals surface area contributed by atoms with Gasteiger partial charge in [0.05, 0.1) is 27.1 Å². The minimum Gasteiger partial charge on any atom is -0.479 e. The first kappa shape index (κ1) is 19.8. The zero-order chi connectivity index (χ0) is 21.1. The molecule has 3 aromatic rings. The van der Waals surface area contributed by atoms with Crippen molar-refractivity contribution in [3.05, 3.63) is 77.9 Å². The first-order valence-electron chi connectivity index (χ1n) is 7.89. The third-order valence-electron chi connectivity index (χ3n) is 3.69. The Labute approximate surface area is 165 Å². The average molecular weight is 419 g/mol. The van der Waals surface area contributed by atoms with Crippen molar-refractivity contribution < 1.29 is 19.6 Å². The number of H-pyrrole nitrogens is 1. The molecule has 1 heterocycles. The van der Waals surface area contributed by atoms with Gasteiger partial charge in [-0.2, -0.15) is 5.10 Å². The quantitative estimate of drug-likeness (QED) is 0.349. The second-order valence-electron chi connectivity index (χ2n) is 5.63. The Hall–Kier alpha value is -3.99. The summed E-state index contributed by atoms with van der Waals surface area (Å²) in [6.07, 6.45) is 1.03. The van der Waals surface area contributed by atoms with Crippen LogP contribution in [-0.4, -0.2) is 38.5 Å². The Bertz CT molecular complexity index is 1280. The number of para-hydroxylation sites is 1. The van der Waals surface area contributed by atoms with Crippen molar-refractivity contribution >= 4 is 40.4 Å². The van der Waals surface area contributed by atoms with Crippen molar-refractivity contribution in [3.8, 4) is 5.75 Å². The van der Waals surface area contributed by atoms with E-state index >= 15 is 0 Å². The largest absolute Gasteiger partial charge is 0.479 e. The fraction of sp³-hybridized carbons (Fsp3) is 0.0588. The lowest BCUT2D eigenvalue weighted by Crippen LogP contribution is -2.32. The lowest BCUT2D eigenvalue weighted by Gasteiger charge is -2.07. The Kier molecular flexibility index (Phi) is 5.41. The number of rotatable bonds is 6. The molecule has 0 amide bonds. The summed E-state index contributed by atoms with van der Waals surface area (Å²) in [5.41, 5.74) is -1.65. The van der Waals surface area contributed by atoms with E-state index in [1.807, 2.05) is 0 Å². The van der Waals surface area contributed by atoms with Crippen LogP contribution >= 0.6 is 11.6 Å². The topological polar surface area (TPSA) is 157 Å². The summed E-state index contributed by atoms with van der Waals surface area (Å²) in [4.78, 5) is 48.1. The molecule has 0 aliphatic rings. The number of aliphatic carboxylic acids is 1. The third kappa shape index (κ3) is 4.14. The number of nitrogens with one attached hydrogen (secondary N) is 1. The summed E-state index contributed by atoms with van der Waals surface area (Å²) in [7, 11) is 0. The molecular formula is C17H11ClN4O7. The maximum absolute atomic E-state index is 12.4. The Balaban J connectivity index is 2.05. The number of carboxylic acids is 1. The van der Waals surface area contributed by atoms with Crippen LogP contribution in [0, 0.1) is 10.1 Å². The van der Waals surface area contributed by atoms with E-state index < -0.39 is 40.2 Å². The second-order valence-corrected chi connectivity index (χ2v) is 6.03. The molecule has 0 aliphatic carbocycles. The highest BCUT2D eigenvalue weighted by atomic mass is 35.5. The normalized spacial score (nSPS) is 11.1. The number of nitro benzene ring substituents is 1. The maximum Gasteiger partial charge on any atom is 0.349 e. The highest BCUT2D eigenvalue weighted by Crippen LogP contribution is 2.35. The molecule has 0 fully saturated rings. The summed E-state index contributed by atoms with van der Waals surface area (Å²) in [6, 6.07) is 8.58. The number of ether oxygens (including phenoxy) is 1. The second kappa shape index (κ2) is 7.94. The van der Waals surface area contributed by atoms with Crippen molar-refractivity contribution in [2.24, 2.45) is 5.10 Å². The van der Waals surface area contributed by atoms with E-state index in [0.29, 0.717) is 10.2 Å². The van der Waals surface area contributed by atoms with Gasteiger partial charge >= 0.3 is 17.3 Å². The van der Waals surface area contributed by atoms with E-state index in [9.17, 15) is 24.5 Å². The van der Waals surface area contributed by atoms with Gasteiger partial charge in [0.15, 0.2) is 6.61 Å². The number of hydrogen-bond donors (Lipinski definition) is 2. The summed E-state index contributed by atoms with van der Waals surface area (Å²) in [6.45, 7) is -0.824. The number of benzene rings is 2. The number of carboxylic acid groups (broad SMARTS) is 1. The molecule has 148 valence electrons. The van der Waals surface area contributed by atoms with E-state index in [1.165, 1.54) is 12.1 Å². The van der Waals surface area contributed by atoms with Gasteiger partial charge < -0.3 is 14.8 Å². The van der Waals surface area contributed by atoms with Crippen LogP contribution in [0.25, 0.3) is 10.9 Å². The van der Waals surface area contributed by atoms with Crippen LogP contribution < -0.4 is 16.0 Å². The molecule has 11 nitrogen and oxygen atoms in total. The Morgan fingerprint density at radius 2 is 2.07 bits per heavy atom. The molecular weight excluding hydrogens is 408 g/mol. The van der Waals surface area contributed by atoms with Crippen LogP contribution in [0.5, 0.6) is 5.75 Å². The fourth-order valence-corrected chi connectivity index (χ4v) is 2.75. The van der Waals surface area contributed by atoms with E-state index in [4.69, 9.17) is 21.4 Å². The monoisotopic (exact) mass is 418 g/mol. The van der Waals surface area contributed by atoms with Gasteiger partial charge in [-0.15, -0.1) is 4.68 Å². The first-order chi connectivity index (χ1) is 13.8. The van der Waals surface area contributed by atoms with Gasteiger partial charge in [-0.1, -0.05) is 23.7 Å². The molecule has 12 heteroatoms. The predicted molar refractivity (Wildman–Crippen MR) is 103 cm³/mol. The first-order valence-corrected chi connectivity index (χ1v) is 8.26. The maximum atomic E-state index is 12.4. The summed E-state index contributed by atoms with van der Waals surface area (Å²) < 4.78 is 5.43. The van der Waals surface area contributed by atoms with Crippen molar-refractivity contribution in [3.63, 3.8) is 0 Å². The molecule has 1 aromatic heterocycles. The molecule has 2 aromatic carbocycles. The molecule has 0 saturated heterocycles. The van der Waals surface area contributed by atoms with Gasteiger partial charge in [0.25, 0.3) is 5.56 Å². The average Bonchev–Trinajstić information content (AvgIpc) is 2.66. The van der Waals surface area contributed by atoms with Gasteiger partial charge in [0.2, 0.25) is 5.75 Å². The molecule has 0 saturated carbocycles. The minimum absolute atomic E-state index is 0.0869. The molecule has 0 spiro atoms. The number of hydrogen-bond acceptors (Lipinski definition) is 7. The van der Waals surface area contributed by atoms with Crippen LogP contribution in [-0.2, 0) is 4.79 Å².